The van der Waals surface area contributed by atoms with Crippen molar-refractivity contribution in [3.05, 3.63) is 37.7 Å². The molecule has 0 amide bonds. The van der Waals surface area contributed by atoms with Gasteiger partial charge in [-0.1, -0.05) is 13.2 Å². The predicted octanol–water partition coefficient (Wildman–Crippen LogP) is 0.822. The van der Waals surface area contributed by atoms with Crippen LogP contribution in [0.4, 0.5) is 0 Å². The molecule has 0 aromatic rings. The van der Waals surface area contributed by atoms with Crippen LogP contribution in [-0.4, -0.2) is 31.9 Å². The second-order valence-electron chi connectivity index (χ2n) is 1.86. The van der Waals surface area contributed by atoms with Crippen molar-refractivity contribution >= 4 is 19.5 Å². The van der Waals surface area contributed by atoms with Gasteiger partial charge in [-0.2, -0.15) is 0 Å². The van der Waals surface area contributed by atoms with Gasteiger partial charge in [-0.3, -0.25) is 4.57 Å². The first-order chi connectivity index (χ1) is 7.11. The van der Waals surface area contributed by atoms with Crippen molar-refractivity contribution < 1.29 is 34.2 Å². The van der Waals surface area contributed by atoms with Gasteiger partial charge < -0.3 is 20.0 Å². The molecule has 0 unspecified atom stereocenters. The number of hydrogen-bond acceptors (Lipinski definition) is 3. The molecule has 8 heteroatoms. The van der Waals surface area contributed by atoms with E-state index in [4.69, 9.17) is 20.0 Å². The Hall–Kier alpha value is -1.69. The lowest BCUT2D eigenvalue weighted by molar-refractivity contribution is -0.140. The molecule has 0 rings (SSSR count). The fraction of sp³-hybridized carbons (Fsp3) is 0. The molecule has 0 aromatic heterocycles. The number of carboxylic acids is 2. The van der Waals surface area contributed by atoms with Gasteiger partial charge in [-0.15, -0.1) is 13.2 Å². The molecule has 16 heavy (non-hydrogen) atoms. The van der Waals surface area contributed by atoms with Crippen molar-refractivity contribution in [1.29, 1.82) is 0 Å². The summed E-state index contributed by atoms with van der Waals surface area (Å²) in [5.41, 5.74) is -0.815. The molecule has 0 aromatic carbocycles. The van der Waals surface area contributed by atoms with Gasteiger partial charge in [-0.05, 0) is 0 Å². The quantitative estimate of drug-likeness (QED) is 0.192. The van der Waals surface area contributed by atoms with Crippen LogP contribution >= 0.6 is 7.60 Å². The van der Waals surface area contributed by atoms with E-state index in [0.717, 1.165) is 0 Å². The Bertz CT molecular complexity index is 298. The third kappa shape index (κ3) is 18.2. The summed E-state index contributed by atoms with van der Waals surface area (Å²) in [4.78, 5) is 35.0. The van der Waals surface area contributed by atoms with E-state index in [2.05, 4.69) is 26.3 Å². The molecular formula is C8H13O7P. The van der Waals surface area contributed by atoms with E-state index in [9.17, 15) is 14.2 Å². The molecule has 0 spiro atoms. The molecule has 0 radical (unpaired) electrons. The normalized spacial score (nSPS) is 8.38. The first-order valence-electron chi connectivity index (χ1n) is 3.46. The average Bonchev–Trinajstić information content (AvgIpc) is 2.19. The molecule has 0 aliphatic carbocycles. The van der Waals surface area contributed by atoms with E-state index in [1.54, 1.807) is 0 Å². The van der Waals surface area contributed by atoms with E-state index in [-0.39, 0.29) is 0 Å². The summed E-state index contributed by atoms with van der Waals surface area (Å²) >= 11 is 0. The van der Waals surface area contributed by atoms with Crippen molar-refractivity contribution in [2.24, 2.45) is 0 Å². The molecule has 0 fully saturated rings. The summed E-state index contributed by atoms with van der Waals surface area (Å²) in [6.45, 7) is 11.6. The molecule has 0 heterocycles. The van der Waals surface area contributed by atoms with Crippen LogP contribution in [0.3, 0.4) is 0 Å². The minimum Gasteiger partial charge on any atom is -0.477 e. The van der Waals surface area contributed by atoms with E-state index in [0.29, 0.717) is 5.82 Å². The van der Waals surface area contributed by atoms with Crippen LogP contribution < -0.4 is 0 Å². The Morgan fingerprint density at radius 1 is 1.06 bits per heavy atom. The predicted molar refractivity (Wildman–Crippen MR) is 57.9 cm³/mol. The van der Waals surface area contributed by atoms with Crippen LogP contribution in [0.15, 0.2) is 37.7 Å². The number of carboxylic acid groups (broad SMARTS) is 2. The highest BCUT2D eigenvalue weighted by molar-refractivity contribution is 7.55. The smallest absolute Gasteiger partial charge is 0.348 e. The Kier molecular flexibility index (Phi) is 12.2. The van der Waals surface area contributed by atoms with Gasteiger partial charge in [0.05, 0.1) is 0 Å². The number of carbonyl (C=O) groups is 2. The lowest BCUT2D eigenvalue weighted by Gasteiger charge is -1.87. The summed E-state index contributed by atoms with van der Waals surface area (Å²) in [5, 5.41) is 15.7. The largest absolute Gasteiger partial charge is 0.477 e. The zero-order valence-electron chi connectivity index (χ0n) is 8.37. The van der Waals surface area contributed by atoms with Crippen LogP contribution in [-0.2, 0) is 14.2 Å². The van der Waals surface area contributed by atoms with E-state index in [1.807, 2.05) is 0 Å². The highest BCUT2D eigenvalue weighted by Gasteiger charge is 2.10. The minimum absolute atomic E-state index is 0.604. The van der Waals surface area contributed by atoms with E-state index in [1.165, 1.54) is 0 Å². The number of aliphatic carboxylic acids is 2. The maximum atomic E-state index is 9.66. The molecule has 0 atom stereocenters. The Balaban J connectivity index is -0.000000188. The van der Waals surface area contributed by atoms with Crippen molar-refractivity contribution in [2.75, 3.05) is 0 Å². The lowest BCUT2D eigenvalue weighted by atomic mass is 10.3. The molecule has 92 valence electrons. The summed E-state index contributed by atoms with van der Waals surface area (Å²) in [6, 6.07) is 0. The summed E-state index contributed by atoms with van der Waals surface area (Å²) in [6.07, 6.45) is 0. The fourth-order valence-corrected chi connectivity index (χ4v) is 0.0915. The molecule has 0 saturated heterocycles. The molecule has 0 bridgehead atoms. The van der Waals surface area contributed by atoms with Crippen molar-refractivity contribution in [3.63, 3.8) is 0 Å². The van der Waals surface area contributed by atoms with E-state index >= 15 is 0 Å². The first-order valence-corrected chi connectivity index (χ1v) is 5.14. The van der Waals surface area contributed by atoms with Gasteiger partial charge in [0, 0.05) is 5.82 Å². The van der Waals surface area contributed by atoms with Crippen LogP contribution in [0.5, 0.6) is 0 Å². The van der Waals surface area contributed by atoms with Crippen molar-refractivity contribution in [3.8, 4) is 0 Å². The molecule has 4 N–H and O–H groups in total. The molecular weight excluding hydrogens is 239 g/mol. The van der Waals surface area contributed by atoms with Crippen LogP contribution in [0.1, 0.15) is 0 Å². The van der Waals surface area contributed by atoms with Gasteiger partial charge in [-0.25, -0.2) is 9.59 Å². The maximum Gasteiger partial charge on any atom is 0.348 e. The monoisotopic (exact) mass is 252 g/mol. The van der Waals surface area contributed by atoms with Crippen molar-refractivity contribution in [2.45, 2.75) is 0 Å². The summed E-state index contributed by atoms with van der Waals surface area (Å²) in [7, 11) is -3.88. The molecule has 0 aliphatic heterocycles. The maximum absolute atomic E-state index is 9.66. The Morgan fingerprint density at radius 3 is 1.25 bits per heavy atom. The van der Waals surface area contributed by atoms with Crippen molar-refractivity contribution in [1.82, 2.24) is 0 Å². The van der Waals surface area contributed by atoms with Gasteiger partial charge >= 0.3 is 19.5 Å². The van der Waals surface area contributed by atoms with Gasteiger partial charge in [0.2, 0.25) is 0 Å². The molecule has 0 aliphatic rings. The first kappa shape index (κ1) is 19.8. The number of rotatable bonds is 3. The fourth-order valence-electron chi connectivity index (χ4n) is 0.0915. The molecule has 7 nitrogen and oxygen atoms in total. The average molecular weight is 252 g/mol. The Labute approximate surface area is 92.2 Å². The summed E-state index contributed by atoms with van der Waals surface area (Å²) < 4.78 is 9.58. The SMILES string of the molecule is C=C.C=C(C(=O)O)C(=O)O.C=CP(=O)(O)O. The lowest BCUT2D eigenvalue weighted by Crippen LogP contribution is -2.08. The van der Waals surface area contributed by atoms with Gasteiger partial charge in [0.15, 0.2) is 0 Å². The zero-order valence-corrected chi connectivity index (χ0v) is 9.26. The van der Waals surface area contributed by atoms with Gasteiger partial charge in [0.25, 0.3) is 0 Å². The van der Waals surface area contributed by atoms with Crippen LogP contribution in [0.25, 0.3) is 0 Å². The van der Waals surface area contributed by atoms with E-state index < -0.39 is 25.1 Å². The third-order valence-electron chi connectivity index (χ3n) is 0.754. The second-order valence-corrected chi connectivity index (χ2v) is 3.40. The van der Waals surface area contributed by atoms with Crippen LogP contribution in [0.2, 0.25) is 0 Å². The minimum atomic E-state index is -3.88. The molecule has 0 saturated carbocycles. The zero-order chi connectivity index (χ0) is 13.9. The van der Waals surface area contributed by atoms with Crippen LogP contribution in [0, 0.1) is 0 Å². The third-order valence-corrected chi connectivity index (χ3v) is 1.23. The van der Waals surface area contributed by atoms with Gasteiger partial charge in [0.1, 0.15) is 5.57 Å². The second kappa shape index (κ2) is 9.85. The standard InChI is InChI=1S/C4H4O4.C2H5O3P.C2H4/c1-2(3(5)6)4(7)8;1-2-6(3,4)5;1-2/h1H2,(H,5,6)(H,7,8);2H,1H2,(H2,3,4,5);1-2H2. The summed E-state index contributed by atoms with van der Waals surface area (Å²) in [5.74, 6) is -2.40. The number of hydrogen-bond donors (Lipinski definition) is 4. The Morgan fingerprint density at radius 2 is 1.25 bits per heavy atom. The highest BCUT2D eigenvalue weighted by atomic mass is 31.2. The highest BCUT2D eigenvalue weighted by Crippen LogP contribution is 2.34. The topological polar surface area (TPSA) is 132 Å².